The zero-order chi connectivity index (χ0) is 13.4. The average Bonchev–Trinajstić information content (AvgIpc) is 2.32. The third kappa shape index (κ3) is 5.69. The number of nitrogens with one attached hydrogen (secondary N) is 1. The summed E-state index contributed by atoms with van der Waals surface area (Å²) in [4.78, 5) is 0. The molecule has 1 rings (SSSR count). The molecule has 1 aromatic rings. The van der Waals surface area contributed by atoms with Crippen LogP contribution in [0.15, 0.2) is 27.1 Å². The Morgan fingerprint density at radius 1 is 1.17 bits per heavy atom. The lowest BCUT2D eigenvalue weighted by molar-refractivity contribution is -0.137. The smallest absolute Gasteiger partial charge is 0.159 e. The molecule has 0 amide bonds. The van der Waals surface area contributed by atoms with Crippen LogP contribution in [0.3, 0.4) is 0 Å². The van der Waals surface area contributed by atoms with E-state index in [9.17, 15) is 0 Å². The second-order valence-corrected chi connectivity index (χ2v) is 5.45. The van der Waals surface area contributed by atoms with Gasteiger partial charge < -0.3 is 14.8 Å². The Kier molecular flexibility index (Phi) is 7.90. The van der Waals surface area contributed by atoms with E-state index < -0.39 is 0 Å². The summed E-state index contributed by atoms with van der Waals surface area (Å²) in [7, 11) is 0. The molecule has 0 aliphatic carbocycles. The predicted molar refractivity (Wildman–Crippen MR) is 82.0 cm³/mol. The van der Waals surface area contributed by atoms with Crippen LogP contribution in [-0.2, 0) is 9.47 Å². The lowest BCUT2D eigenvalue weighted by Crippen LogP contribution is -2.21. The van der Waals surface area contributed by atoms with Crippen molar-refractivity contribution in [3.63, 3.8) is 0 Å². The second kappa shape index (κ2) is 8.91. The van der Waals surface area contributed by atoms with Gasteiger partial charge >= 0.3 is 0 Å². The molecule has 0 saturated carbocycles. The second-order valence-electron chi connectivity index (χ2n) is 3.68. The normalized spacial score (nSPS) is 10.9. The maximum Gasteiger partial charge on any atom is 0.159 e. The number of ether oxygens (including phenoxy) is 2. The summed E-state index contributed by atoms with van der Waals surface area (Å²) in [5.74, 6) is 0. The molecule has 0 aliphatic heterocycles. The molecule has 0 spiro atoms. The van der Waals surface area contributed by atoms with Gasteiger partial charge in [0.25, 0.3) is 0 Å². The van der Waals surface area contributed by atoms with Crippen molar-refractivity contribution in [1.29, 1.82) is 0 Å². The number of anilines is 1. The molecule has 1 N–H and O–H groups in total. The first-order valence-corrected chi connectivity index (χ1v) is 7.68. The van der Waals surface area contributed by atoms with Crippen LogP contribution >= 0.6 is 31.9 Å². The maximum absolute atomic E-state index is 5.49. The Labute approximate surface area is 125 Å². The minimum atomic E-state index is -0.123. The fourth-order valence-corrected chi connectivity index (χ4v) is 2.73. The molecule has 0 bridgehead atoms. The van der Waals surface area contributed by atoms with Gasteiger partial charge in [-0.1, -0.05) is 15.9 Å². The van der Waals surface area contributed by atoms with Crippen molar-refractivity contribution in [1.82, 2.24) is 0 Å². The van der Waals surface area contributed by atoms with Crippen molar-refractivity contribution in [2.45, 2.75) is 26.6 Å². The van der Waals surface area contributed by atoms with Crippen LogP contribution in [-0.4, -0.2) is 26.0 Å². The summed E-state index contributed by atoms with van der Waals surface area (Å²) in [6, 6.07) is 6.06. The van der Waals surface area contributed by atoms with E-state index in [1.54, 1.807) is 0 Å². The van der Waals surface area contributed by atoms with Crippen LogP contribution in [0.5, 0.6) is 0 Å². The van der Waals surface area contributed by atoms with Gasteiger partial charge in [-0.3, -0.25) is 0 Å². The summed E-state index contributed by atoms with van der Waals surface area (Å²) in [6.45, 7) is 6.11. The van der Waals surface area contributed by atoms with Gasteiger partial charge in [-0.25, -0.2) is 0 Å². The Hall–Kier alpha value is -0.100. The van der Waals surface area contributed by atoms with Gasteiger partial charge in [0.2, 0.25) is 0 Å². The van der Waals surface area contributed by atoms with Crippen molar-refractivity contribution < 1.29 is 9.47 Å². The Balaban J connectivity index is 2.39. The van der Waals surface area contributed by atoms with E-state index in [1.807, 2.05) is 32.0 Å². The zero-order valence-corrected chi connectivity index (χ0v) is 13.9. The fraction of sp³-hybridized carbons (Fsp3) is 0.538. The Bertz CT molecular complexity index is 355. The van der Waals surface area contributed by atoms with E-state index in [-0.39, 0.29) is 6.29 Å². The highest BCUT2D eigenvalue weighted by Gasteiger charge is 2.07. The average molecular weight is 381 g/mol. The molecule has 0 aliphatic rings. The molecule has 0 saturated heterocycles. The maximum atomic E-state index is 5.49. The summed E-state index contributed by atoms with van der Waals surface area (Å²) >= 11 is 6.95. The molecule has 18 heavy (non-hydrogen) atoms. The van der Waals surface area contributed by atoms with Crippen LogP contribution in [0.2, 0.25) is 0 Å². The first kappa shape index (κ1) is 16.0. The highest BCUT2D eigenvalue weighted by Crippen LogP contribution is 2.26. The molecule has 5 heteroatoms. The number of rotatable bonds is 8. The molecule has 0 fully saturated rings. The minimum absolute atomic E-state index is 0.123. The van der Waals surface area contributed by atoms with Crippen LogP contribution < -0.4 is 5.32 Å². The fourth-order valence-electron chi connectivity index (χ4n) is 1.54. The lowest BCUT2D eigenvalue weighted by Gasteiger charge is -2.17. The molecule has 1 aromatic carbocycles. The molecule has 0 atom stereocenters. The van der Waals surface area contributed by atoms with E-state index in [0.717, 1.165) is 27.6 Å². The molecule has 0 heterocycles. The van der Waals surface area contributed by atoms with Gasteiger partial charge in [0.1, 0.15) is 0 Å². The predicted octanol–water partition coefficient (Wildman–Crippen LogP) is 4.41. The van der Waals surface area contributed by atoms with Gasteiger partial charge in [0.05, 0.1) is 0 Å². The SMILES string of the molecule is CCOC(CCNc1ccc(Br)cc1Br)OCC. The molecule has 0 unspecified atom stereocenters. The van der Waals surface area contributed by atoms with E-state index in [4.69, 9.17) is 9.47 Å². The van der Waals surface area contributed by atoms with Gasteiger partial charge in [0, 0.05) is 40.8 Å². The third-order valence-corrected chi connectivity index (χ3v) is 3.48. The van der Waals surface area contributed by atoms with Crippen LogP contribution in [0.1, 0.15) is 20.3 Å². The quantitative estimate of drug-likeness (QED) is 0.677. The van der Waals surface area contributed by atoms with E-state index >= 15 is 0 Å². The summed E-state index contributed by atoms with van der Waals surface area (Å²) < 4.78 is 13.1. The lowest BCUT2D eigenvalue weighted by atomic mass is 10.3. The van der Waals surface area contributed by atoms with Crippen molar-refractivity contribution >= 4 is 37.5 Å². The van der Waals surface area contributed by atoms with Gasteiger partial charge in [0.15, 0.2) is 6.29 Å². The van der Waals surface area contributed by atoms with Crippen LogP contribution in [0.4, 0.5) is 5.69 Å². The summed E-state index contributed by atoms with van der Waals surface area (Å²) in [5.41, 5.74) is 1.07. The van der Waals surface area contributed by atoms with Gasteiger partial charge in [-0.05, 0) is 48.0 Å². The first-order valence-electron chi connectivity index (χ1n) is 6.09. The monoisotopic (exact) mass is 379 g/mol. The van der Waals surface area contributed by atoms with E-state index in [2.05, 4.69) is 37.2 Å². The van der Waals surface area contributed by atoms with E-state index in [1.165, 1.54) is 0 Å². The molecule has 3 nitrogen and oxygen atoms in total. The van der Waals surface area contributed by atoms with Crippen molar-refractivity contribution in [2.24, 2.45) is 0 Å². The number of halogens is 2. The number of hydrogen-bond donors (Lipinski definition) is 1. The standard InChI is InChI=1S/C13H19Br2NO2/c1-3-17-13(18-4-2)7-8-16-12-6-5-10(14)9-11(12)15/h5-6,9,13,16H,3-4,7-8H2,1-2H3. The Morgan fingerprint density at radius 2 is 1.83 bits per heavy atom. The van der Waals surface area contributed by atoms with Crippen molar-refractivity contribution in [3.05, 3.63) is 27.1 Å². The van der Waals surface area contributed by atoms with Gasteiger partial charge in [-0.2, -0.15) is 0 Å². The highest BCUT2D eigenvalue weighted by atomic mass is 79.9. The molecular weight excluding hydrogens is 362 g/mol. The van der Waals surface area contributed by atoms with E-state index in [0.29, 0.717) is 13.2 Å². The van der Waals surface area contributed by atoms with Crippen molar-refractivity contribution in [2.75, 3.05) is 25.1 Å². The first-order chi connectivity index (χ1) is 8.67. The topological polar surface area (TPSA) is 30.5 Å². The molecular formula is C13H19Br2NO2. The largest absolute Gasteiger partial charge is 0.384 e. The minimum Gasteiger partial charge on any atom is -0.384 e. The van der Waals surface area contributed by atoms with Crippen LogP contribution in [0, 0.1) is 0 Å². The summed E-state index contributed by atoms with van der Waals surface area (Å²) in [6.07, 6.45) is 0.700. The highest BCUT2D eigenvalue weighted by molar-refractivity contribution is 9.11. The number of hydrogen-bond acceptors (Lipinski definition) is 3. The van der Waals surface area contributed by atoms with Crippen molar-refractivity contribution in [3.8, 4) is 0 Å². The van der Waals surface area contributed by atoms with Crippen LogP contribution in [0.25, 0.3) is 0 Å². The summed E-state index contributed by atoms with van der Waals surface area (Å²) in [5, 5.41) is 3.36. The third-order valence-electron chi connectivity index (χ3n) is 2.33. The Morgan fingerprint density at radius 3 is 2.39 bits per heavy atom. The molecule has 0 radical (unpaired) electrons. The number of benzene rings is 1. The zero-order valence-electron chi connectivity index (χ0n) is 10.7. The molecule has 0 aromatic heterocycles. The van der Waals surface area contributed by atoms with Gasteiger partial charge in [-0.15, -0.1) is 0 Å². The molecule has 102 valence electrons.